The van der Waals surface area contributed by atoms with Crippen molar-refractivity contribution in [3.8, 4) is 0 Å². The number of pyridine rings is 1. The fourth-order valence-electron chi connectivity index (χ4n) is 3.19. The molecule has 0 bridgehead atoms. The van der Waals surface area contributed by atoms with E-state index in [1.807, 2.05) is 0 Å². The van der Waals surface area contributed by atoms with E-state index < -0.39 is 29.1 Å². The third-order valence-corrected chi connectivity index (χ3v) is 4.72. The molecule has 4 rings (SSSR count). The Morgan fingerprint density at radius 1 is 1.07 bits per heavy atom. The lowest BCUT2D eigenvalue weighted by Crippen LogP contribution is -2.41. The normalized spacial score (nSPS) is 19.3. The number of fused-ring (bicyclic) bond motifs is 1. The summed E-state index contributed by atoms with van der Waals surface area (Å²) in [5.41, 5.74) is -1.19. The van der Waals surface area contributed by atoms with E-state index in [1.165, 1.54) is 23.5 Å². The number of halogens is 2. The number of hydrogen-bond donors (Lipinski definition) is 1. The van der Waals surface area contributed by atoms with Gasteiger partial charge in [-0.15, -0.1) is 0 Å². The first-order valence-electron chi connectivity index (χ1n) is 8.36. The highest BCUT2D eigenvalue weighted by Crippen LogP contribution is 2.30. The number of aromatic nitrogens is 2. The molecule has 1 fully saturated rings. The number of hydrogen-bond acceptors (Lipinski definition) is 4. The number of urea groups is 1. The van der Waals surface area contributed by atoms with Gasteiger partial charge in [0, 0.05) is 12.3 Å². The molecule has 1 atom stereocenters. The van der Waals surface area contributed by atoms with Gasteiger partial charge in [0.15, 0.2) is 11.6 Å². The monoisotopic (exact) mass is 384 g/mol. The van der Waals surface area contributed by atoms with Crippen LogP contribution in [0.15, 0.2) is 53.5 Å². The number of benzene rings is 1. The van der Waals surface area contributed by atoms with E-state index in [0.29, 0.717) is 5.65 Å². The minimum Gasteiger partial charge on any atom is -0.319 e. The lowest BCUT2D eigenvalue weighted by atomic mass is 9.92. The zero-order chi connectivity index (χ0) is 20.1. The van der Waals surface area contributed by atoms with Crippen molar-refractivity contribution in [3.05, 3.63) is 81.9 Å². The number of amides is 3. The summed E-state index contributed by atoms with van der Waals surface area (Å²) in [5, 5.41) is 2.50. The minimum absolute atomic E-state index is 0.110. The van der Waals surface area contributed by atoms with Crippen LogP contribution < -0.4 is 10.9 Å². The Morgan fingerprint density at radius 3 is 2.61 bits per heavy atom. The first-order valence-corrected chi connectivity index (χ1v) is 8.36. The van der Waals surface area contributed by atoms with E-state index >= 15 is 0 Å². The van der Waals surface area contributed by atoms with Crippen LogP contribution in [0.3, 0.4) is 0 Å². The van der Waals surface area contributed by atoms with Gasteiger partial charge in [0.05, 0.1) is 12.2 Å². The van der Waals surface area contributed by atoms with Gasteiger partial charge in [0.1, 0.15) is 11.2 Å². The number of nitrogens with zero attached hydrogens (tertiary/aromatic N) is 3. The number of nitrogens with one attached hydrogen (secondary N) is 1. The lowest BCUT2D eigenvalue weighted by molar-refractivity contribution is -0.131. The van der Waals surface area contributed by atoms with Gasteiger partial charge in [0.25, 0.3) is 11.5 Å². The molecular weight excluding hydrogens is 370 g/mol. The van der Waals surface area contributed by atoms with E-state index in [4.69, 9.17) is 0 Å². The van der Waals surface area contributed by atoms with Crippen LogP contribution in [0.2, 0.25) is 0 Å². The summed E-state index contributed by atoms with van der Waals surface area (Å²) in [6.45, 7) is 1.17. The summed E-state index contributed by atoms with van der Waals surface area (Å²) in [6.07, 6.45) is 1.56. The van der Waals surface area contributed by atoms with Gasteiger partial charge >= 0.3 is 6.03 Å². The van der Waals surface area contributed by atoms with Gasteiger partial charge in [-0.05, 0) is 36.8 Å². The second-order valence-corrected chi connectivity index (χ2v) is 6.59. The maximum atomic E-state index is 13.6. The first kappa shape index (κ1) is 17.8. The molecule has 7 nitrogen and oxygen atoms in total. The molecule has 142 valence electrons. The Morgan fingerprint density at radius 2 is 1.86 bits per heavy atom. The van der Waals surface area contributed by atoms with Crippen LogP contribution in [-0.4, -0.2) is 26.2 Å². The first-order chi connectivity index (χ1) is 13.3. The zero-order valence-electron chi connectivity index (χ0n) is 14.6. The second-order valence-electron chi connectivity index (χ2n) is 6.59. The summed E-state index contributed by atoms with van der Waals surface area (Å²) in [6, 6.07) is 8.54. The van der Waals surface area contributed by atoms with Crippen molar-refractivity contribution >= 4 is 17.6 Å². The molecule has 3 aromatic rings. The van der Waals surface area contributed by atoms with E-state index in [-0.39, 0.29) is 23.4 Å². The van der Waals surface area contributed by atoms with Gasteiger partial charge in [0.2, 0.25) is 0 Å². The van der Waals surface area contributed by atoms with E-state index in [0.717, 1.165) is 17.0 Å². The molecule has 1 unspecified atom stereocenters. The van der Waals surface area contributed by atoms with Gasteiger partial charge < -0.3 is 5.32 Å². The lowest BCUT2D eigenvalue weighted by Gasteiger charge is -2.22. The van der Waals surface area contributed by atoms with Crippen molar-refractivity contribution in [1.82, 2.24) is 19.6 Å². The molecule has 3 heterocycles. The van der Waals surface area contributed by atoms with Gasteiger partial charge in [-0.3, -0.25) is 18.9 Å². The van der Waals surface area contributed by atoms with E-state index in [1.54, 1.807) is 24.4 Å². The number of imide groups is 1. The van der Waals surface area contributed by atoms with Crippen molar-refractivity contribution in [1.29, 1.82) is 0 Å². The molecule has 9 heteroatoms. The fourth-order valence-corrected chi connectivity index (χ4v) is 3.19. The maximum Gasteiger partial charge on any atom is 0.325 e. The molecule has 0 spiro atoms. The molecule has 1 aliphatic heterocycles. The van der Waals surface area contributed by atoms with Crippen LogP contribution in [0.4, 0.5) is 13.6 Å². The third-order valence-electron chi connectivity index (χ3n) is 4.72. The van der Waals surface area contributed by atoms with Crippen molar-refractivity contribution in [3.63, 3.8) is 0 Å². The molecule has 2 aromatic heterocycles. The smallest absolute Gasteiger partial charge is 0.319 e. The Hall–Kier alpha value is -3.62. The molecule has 0 aliphatic carbocycles. The quantitative estimate of drug-likeness (QED) is 0.700. The molecule has 0 saturated carbocycles. The molecule has 1 aliphatic rings. The largest absolute Gasteiger partial charge is 0.325 e. The van der Waals surface area contributed by atoms with Crippen molar-refractivity contribution < 1.29 is 18.4 Å². The van der Waals surface area contributed by atoms with Crippen LogP contribution in [0, 0.1) is 11.6 Å². The van der Waals surface area contributed by atoms with Crippen molar-refractivity contribution in [2.75, 3.05) is 0 Å². The Kier molecular flexibility index (Phi) is 3.95. The van der Waals surface area contributed by atoms with Gasteiger partial charge in [-0.25, -0.2) is 18.6 Å². The predicted molar refractivity (Wildman–Crippen MR) is 94.3 cm³/mol. The number of carbonyl (C=O) groups excluding carboxylic acids is 2. The average Bonchev–Trinajstić information content (AvgIpc) is 2.88. The Labute approximate surface area is 157 Å². The molecule has 1 aromatic carbocycles. The highest BCUT2D eigenvalue weighted by Gasteiger charge is 2.49. The standard InChI is InChI=1S/C19H14F2N4O3/c1-19(11-5-6-13(20)14(21)8-11)17(27)25(18(28)23-19)10-12-9-16(26)24-7-3-2-4-15(24)22-12/h2-9H,10H2,1H3,(H,23,28). The topological polar surface area (TPSA) is 83.8 Å². The van der Waals surface area contributed by atoms with Crippen LogP contribution in [-0.2, 0) is 16.9 Å². The van der Waals surface area contributed by atoms with Gasteiger partial charge in [-0.1, -0.05) is 12.1 Å². The minimum atomic E-state index is -1.56. The molecule has 3 amide bonds. The number of carbonyl (C=O) groups is 2. The average molecular weight is 384 g/mol. The molecular formula is C19H14F2N4O3. The van der Waals surface area contributed by atoms with Crippen molar-refractivity contribution in [2.45, 2.75) is 19.0 Å². The fraction of sp³-hybridized carbons (Fsp3) is 0.158. The summed E-state index contributed by atoms with van der Waals surface area (Å²) in [5.74, 6) is -2.83. The molecule has 1 N–H and O–H groups in total. The van der Waals surface area contributed by atoms with E-state index in [9.17, 15) is 23.2 Å². The zero-order valence-corrected chi connectivity index (χ0v) is 14.6. The highest BCUT2D eigenvalue weighted by atomic mass is 19.2. The third kappa shape index (κ3) is 2.72. The predicted octanol–water partition coefficient (Wildman–Crippen LogP) is 1.94. The molecule has 1 saturated heterocycles. The highest BCUT2D eigenvalue weighted by molar-refractivity contribution is 6.07. The van der Waals surface area contributed by atoms with Crippen LogP contribution in [0.25, 0.3) is 5.65 Å². The summed E-state index contributed by atoms with van der Waals surface area (Å²) in [4.78, 5) is 42.7. The molecule has 0 radical (unpaired) electrons. The summed E-state index contributed by atoms with van der Waals surface area (Å²) >= 11 is 0. The maximum absolute atomic E-state index is 13.6. The van der Waals surface area contributed by atoms with Crippen LogP contribution in [0.5, 0.6) is 0 Å². The summed E-state index contributed by atoms with van der Waals surface area (Å²) in [7, 11) is 0. The SMILES string of the molecule is CC1(c2ccc(F)c(F)c2)NC(=O)N(Cc2cc(=O)n3ccccc3n2)C1=O. The van der Waals surface area contributed by atoms with Crippen LogP contribution >= 0.6 is 0 Å². The van der Waals surface area contributed by atoms with Gasteiger partial charge in [-0.2, -0.15) is 0 Å². The second kappa shape index (κ2) is 6.22. The van der Waals surface area contributed by atoms with E-state index in [2.05, 4.69) is 10.3 Å². The Balaban J connectivity index is 1.68. The summed E-state index contributed by atoms with van der Waals surface area (Å²) < 4.78 is 28.2. The van der Waals surface area contributed by atoms with Crippen molar-refractivity contribution in [2.24, 2.45) is 0 Å². The molecule has 28 heavy (non-hydrogen) atoms. The Bertz CT molecular complexity index is 1190. The van der Waals surface area contributed by atoms with Crippen LogP contribution in [0.1, 0.15) is 18.2 Å². The number of rotatable bonds is 3.